The zero-order valence-electron chi connectivity index (χ0n) is 23.6. The van der Waals surface area contributed by atoms with Crippen LogP contribution in [-0.2, 0) is 4.79 Å². The minimum atomic E-state index is -0.865. The van der Waals surface area contributed by atoms with Gasteiger partial charge in [-0.05, 0) is 66.1 Å². The first-order chi connectivity index (χ1) is 19.9. The topological polar surface area (TPSA) is 97.8 Å². The summed E-state index contributed by atoms with van der Waals surface area (Å²) in [4.78, 5) is 30.4. The Morgan fingerprint density at radius 1 is 0.902 bits per heavy atom. The maximum absolute atomic E-state index is 13.5. The molecule has 9 heteroatoms. The molecular weight excluding hydrogens is 524 g/mol. The maximum atomic E-state index is 13.5. The van der Waals surface area contributed by atoms with Crippen molar-refractivity contribution in [2.24, 2.45) is 5.92 Å². The van der Waals surface area contributed by atoms with Crippen LogP contribution in [0.2, 0.25) is 0 Å². The van der Waals surface area contributed by atoms with Gasteiger partial charge in [-0.15, -0.1) is 0 Å². The molecule has 0 saturated carbocycles. The van der Waals surface area contributed by atoms with Crippen LogP contribution in [0.25, 0.3) is 0 Å². The van der Waals surface area contributed by atoms with E-state index in [2.05, 4.69) is 4.90 Å². The lowest BCUT2D eigenvalue weighted by atomic mass is 9.82. The molecule has 1 N–H and O–H groups in total. The quantitative estimate of drug-likeness (QED) is 0.356. The number of methoxy groups -OCH3 is 2. The third-order valence-corrected chi connectivity index (χ3v) is 7.94. The highest BCUT2D eigenvalue weighted by Gasteiger charge is 2.47. The van der Waals surface area contributed by atoms with Gasteiger partial charge >= 0.3 is 5.97 Å². The minimum absolute atomic E-state index is 0.0585. The number of aliphatic carboxylic acids is 1. The number of amides is 1. The number of carbonyl (C=O) groups is 2. The number of ether oxygens (including phenoxy) is 4. The lowest BCUT2D eigenvalue weighted by Gasteiger charge is -2.30. The van der Waals surface area contributed by atoms with E-state index in [-0.39, 0.29) is 18.6 Å². The van der Waals surface area contributed by atoms with Gasteiger partial charge in [0.2, 0.25) is 6.79 Å². The van der Waals surface area contributed by atoms with Gasteiger partial charge in [0.25, 0.3) is 5.91 Å². The molecule has 3 aromatic carbocycles. The molecule has 1 amide bonds. The van der Waals surface area contributed by atoms with Gasteiger partial charge in [0, 0.05) is 43.7 Å². The van der Waals surface area contributed by atoms with E-state index in [4.69, 9.17) is 18.9 Å². The first-order valence-corrected chi connectivity index (χ1v) is 13.9. The second-order valence-electron chi connectivity index (χ2n) is 10.3. The first kappa shape index (κ1) is 28.3. The smallest absolute Gasteiger partial charge is 0.309 e. The number of likely N-dealkylation sites (tertiary alicyclic amines) is 1. The Morgan fingerprint density at radius 2 is 1.54 bits per heavy atom. The van der Waals surface area contributed by atoms with Crippen molar-refractivity contribution in [2.75, 3.05) is 47.2 Å². The van der Waals surface area contributed by atoms with E-state index in [9.17, 15) is 14.7 Å². The number of fused-ring (bicyclic) bond motifs is 1. The summed E-state index contributed by atoms with van der Waals surface area (Å²) in [6.45, 7) is 4.29. The Bertz CT molecular complexity index is 1360. The van der Waals surface area contributed by atoms with E-state index in [1.807, 2.05) is 54.3 Å². The molecule has 1 saturated heterocycles. The van der Waals surface area contributed by atoms with Gasteiger partial charge in [0.15, 0.2) is 11.5 Å². The summed E-state index contributed by atoms with van der Waals surface area (Å²) < 4.78 is 21.7. The van der Waals surface area contributed by atoms with Crippen molar-refractivity contribution in [1.29, 1.82) is 0 Å². The van der Waals surface area contributed by atoms with Crippen molar-refractivity contribution in [1.82, 2.24) is 9.80 Å². The molecule has 2 aliphatic rings. The average Bonchev–Trinajstić information content (AvgIpc) is 3.63. The largest absolute Gasteiger partial charge is 0.497 e. The standard InChI is InChI=1S/C32H36N2O7/c1-4-15-33(31(35)22-7-12-25(39-3)13-8-22)16-17-34-19-26(23-9-14-27-28(18-23)41-20-40-27)29(32(36)37)30(34)21-5-10-24(38-2)11-6-21/h5-14,18,26,29-30H,4,15-17,19-20H2,1-3H3,(H,36,37)/t26-,29+,30-/m1/s1. The molecule has 0 radical (unpaired) electrons. The summed E-state index contributed by atoms with van der Waals surface area (Å²) in [5.74, 6) is 0.771. The highest BCUT2D eigenvalue weighted by Crippen LogP contribution is 2.47. The summed E-state index contributed by atoms with van der Waals surface area (Å²) >= 11 is 0. The number of carboxylic acid groups (broad SMARTS) is 1. The highest BCUT2D eigenvalue weighted by atomic mass is 16.7. The Labute approximate surface area is 240 Å². The van der Waals surface area contributed by atoms with Crippen molar-refractivity contribution >= 4 is 11.9 Å². The number of hydrogen-bond donors (Lipinski definition) is 1. The summed E-state index contributed by atoms with van der Waals surface area (Å²) in [6.07, 6.45) is 0.807. The third kappa shape index (κ3) is 5.95. The van der Waals surface area contributed by atoms with Crippen molar-refractivity contribution in [3.8, 4) is 23.0 Å². The number of rotatable bonds is 11. The molecule has 2 aliphatic heterocycles. The van der Waals surface area contributed by atoms with Gasteiger partial charge in [-0.25, -0.2) is 0 Å². The van der Waals surface area contributed by atoms with E-state index >= 15 is 0 Å². The molecule has 0 aliphatic carbocycles. The normalized spacial score (nSPS) is 19.6. The van der Waals surface area contributed by atoms with Crippen LogP contribution in [0.3, 0.4) is 0 Å². The molecule has 0 aromatic heterocycles. The van der Waals surface area contributed by atoms with E-state index in [1.165, 1.54) is 0 Å². The lowest BCUT2D eigenvalue weighted by Crippen LogP contribution is -2.39. The van der Waals surface area contributed by atoms with E-state index in [0.717, 1.165) is 17.5 Å². The molecule has 41 heavy (non-hydrogen) atoms. The van der Waals surface area contributed by atoms with Crippen LogP contribution in [0.5, 0.6) is 23.0 Å². The monoisotopic (exact) mass is 560 g/mol. The van der Waals surface area contributed by atoms with Gasteiger partial charge in [0.1, 0.15) is 11.5 Å². The fourth-order valence-electron chi connectivity index (χ4n) is 5.89. The Kier molecular flexibility index (Phi) is 8.64. The summed E-state index contributed by atoms with van der Waals surface area (Å²) in [5, 5.41) is 10.5. The van der Waals surface area contributed by atoms with Crippen molar-refractivity contribution in [3.05, 3.63) is 83.4 Å². The number of carboxylic acids is 1. The fraction of sp³-hybridized carbons (Fsp3) is 0.375. The molecular formula is C32H36N2O7. The molecule has 0 unspecified atom stereocenters. The minimum Gasteiger partial charge on any atom is -0.497 e. The van der Waals surface area contributed by atoms with E-state index in [1.54, 1.807) is 38.5 Å². The van der Waals surface area contributed by atoms with Crippen LogP contribution in [0.4, 0.5) is 0 Å². The van der Waals surface area contributed by atoms with Crippen molar-refractivity contribution in [3.63, 3.8) is 0 Å². The van der Waals surface area contributed by atoms with Crippen LogP contribution in [0, 0.1) is 5.92 Å². The molecule has 5 rings (SSSR count). The Hall–Kier alpha value is -4.24. The second kappa shape index (κ2) is 12.5. The number of benzene rings is 3. The highest BCUT2D eigenvalue weighted by molar-refractivity contribution is 5.94. The van der Waals surface area contributed by atoms with Crippen LogP contribution >= 0.6 is 0 Å². The Morgan fingerprint density at radius 3 is 2.17 bits per heavy atom. The van der Waals surface area contributed by atoms with Crippen LogP contribution in [0.15, 0.2) is 66.7 Å². The van der Waals surface area contributed by atoms with Gasteiger partial charge in [-0.1, -0.05) is 25.1 Å². The summed E-state index contributed by atoms with van der Waals surface area (Å²) in [7, 11) is 3.20. The summed E-state index contributed by atoms with van der Waals surface area (Å²) in [6, 6.07) is 20.0. The molecule has 0 bridgehead atoms. The first-order valence-electron chi connectivity index (χ1n) is 13.9. The Balaban J connectivity index is 1.44. The number of carbonyl (C=O) groups excluding carboxylic acids is 1. The molecule has 3 aromatic rings. The molecule has 9 nitrogen and oxygen atoms in total. The van der Waals surface area contributed by atoms with Crippen LogP contribution in [0.1, 0.15) is 46.8 Å². The van der Waals surface area contributed by atoms with Crippen LogP contribution < -0.4 is 18.9 Å². The molecule has 0 spiro atoms. The van der Waals surface area contributed by atoms with Gasteiger partial charge in [-0.2, -0.15) is 0 Å². The zero-order valence-corrected chi connectivity index (χ0v) is 23.6. The van der Waals surface area contributed by atoms with E-state index < -0.39 is 17.9 Å². The van der Waals surface area contributed by atoms with Gasteiger partial charge in [-0.3, -0.25) is 14.5 Å². The maximum Gasteiger partial charge on any atom is 0.309 e. The molecule has 1 fully saturated rings. The summed E-state index contributed by atoms with van der Waals surface area (Å²) in [5.41, 5.74) is 2.38. The van der Waals surface area contributed by atoms with Crippen molar-refractivity contribution < 1.29 is 33.6 Å². The fourth-order valence-corrected chi connectivity index (χ4v) is 5.89. The molecule has 216 valence electrons. The van der Waals surface area contributed by atoms with E-state index in [0.29, 0.717) is 54.7 Å². The van der Waals surface area contributed by atoms with Gasteiger partial charge < -0.3 is 29.0 Å². The second-order valence-corrected chi connectivity index (χ2v) is 10.3. The molecule has 3 atom stereocenters. The predicted octanol–water partition coefficient (Wildman–Crippen LogP) is 4.83. The third-order valence-electron chi connectivity index (χ3n) is 7.94. The lowest BCUT2D eigenvalue weighted by molar-refractivity contribution is -0.143. The van der Waals surface area contributed by atoms with Gasteiger partial charge in [0.05, 0.1) is 20.1 Å². The van der Waals surface area contributed by atoms with Crippen LogP contribution in [-0.4, -0.2) is 74.0 Å². The average molecular weight is 561 g/mol. The predicted molar refractivity (Wildman–Crippen MR) is 153 cm³/mol. The SMILES string of the molecule is CCCN(CCN1C[C@H](c2ccc3c(c2)OCO3)[C@H](C(=O)O)[C@H]1c1ccc(OC)cc1)C(=O)c1ccc(OC)cc1. The molecule has 2 heterocycles. The van der Waals surface area contributed by atoms with Crippen molar-refractivity contribution in [2.45, 2.75) is 25.3 Å². The number of nitrogens with zero attached hydrogens (tertiary/aromatic N) is 2. The number of hydrogen-bond acceptors (Lipinski definition) is 7. The zero-order chi connectivity index (χ0) is 28.9.